The first-order valence-corrected chi connectivity index (χ1v) is 7.36. The van der Waals surface area contributed by atoms with Crippen molar-refractivity contribution in [2.24, 2.45) is 0 Å². The van der Waals surface area contributed by atoms with Crippen LogP contribution in [-0.2, 0) is 6.54 Å². The summed E-state index contributed by atoms with van der Waals surface area (Å²) in [6.07, 6.45) is 1.37. The van der Waals surface area contributed by atoms with Crippen LogP contribution in [0.15, 0.2) is 18.2 Å². The van der Waals surface area contributed by atoms with E-state index in [1.54, 1.807) is 6.07 Å². The number of nitrogens with zero attached hydrogens (tertiary/aromatic N) is 1. The van der Waals surface area contributed by atoms with Gasteiger partial charge in [0.05, 0.1) is 11.3 Å². The Balaban J connectivity index is 2.03. The Morgan fingerprint density at radius 2 is 2.00 bits per heavy atom. The normalized spacial score (nSPS) is 18.6. The summed E-state index contributed by atoms with van der Waals surface area (Å²) in [7, 11) is 0. The highest BCUT2D eigenvalue weighted by atomic mass is 19.1. The topological polar surface area (TPSA) is 35.5 Å². The largest absolute Gasteiger partial charge is 0.390 e. The number of halogens is 1. The molecule has 20 heavy (non-hydrogen) atoms. The van der Waals surface area contributed by atoms with Crippen LogP contribution in [0.2, 0.25) is 0 Å². The van der Waals surface area contributed by atoms with Gasteiger partial charge in [-0.25, -0.2) is 4.39 Å². The van der Waals surface area contributed by atoms with Crippen LogP contribution in [0.25, 0.3) is 0 Å². The molecule has 1 aromatic rings. The zero-order valence-electron chi connectivity index (χ0n) is 12.6. The lowest BCUT2D eigenvalue weighted by atomic mass is 9.93. The molecular weight excluding hydrogens is 255 g/mol. The van der Waals surface area contributed by atoms with Crippen LogP contribution in [0, 0.1) is 5.82 Å². The average Bonchev–Trinajstić information content (AvgIpc) is 2.37. The van der Waals surface area contributed by atoms with Crippen molar-refractivity contribution in [2.75, 3.05) is 18.0 Å². The number of benzene rings is 1. The minimum absolute atomic E-state index is 0.172. The van der Waals surface area contributed by atoms with Crippen molar-refractivity contribution in [2.45, 2.75) is 51.8 Å². The van der Waals surface area contributed by atoms with Crippen molar-refractivity contribution >= 4 is 5.69 Å². The molecule has 1 aromatic carbocycles. The van der Waals surface area contributed by atoms with Gasteiger partial charge >= 0.3 is 0 Å². The lowest BCUT2D eigenvalue weighted by Crippen LogP contribution is -2.42. The standard InChI is InChI=1S/C16H25FN2O/c1-12(2)18-11-13-4-5-15(14(17)10-13)19-8-6-16(3,20)7-9-19/h4-5,10,12,18,20H,6-9,11H2,1-3H3. The van der Waals surface area contributed by atoms with E-state index in [0.717, 1.165) is 5.56 Å². The minimum Gasteiger partial charge on any atom is -0.390 e. The molecule has 1 aliphatic rings. The molecule has 1 fully saturated rings. The van der Waals surface area contributed by atoms with E-state index in [1.165, 1.54) is 0 Å². The number of piperidine rings is 1. The molecule has 1 saturated heterocycles. The first kappa shape index (κ1) is 15.3. The van der Waals surface area contributed by atoms with E-state index in [0.29, 0.717) is 44.2 Å². The zero-order valence-corrected chi connectivity index (χ0v) is 12.6. The predicted octanol–water partition coefficient (Wildman–Crippen LogP) is 2.67. The van der Waals surface area contributed by atoms with Crippen molar-refractivity contribution in [3.05, 3.63) is 29.6 Å². The van der Waals surface area contributed by atoms with Crippen LogP contribution in [-0.4, -0.2) is 29.8 Å². The van der Waals surface area contributed by atoms with Crippen LogP contribution in [0.3, 0.4) is 0 Å². The molecule has 0 aliphatic carbocycles. The van der Waals surface area contributed by atoms with Crippen LogP contribution < -0.4 is 10.2 Å². The van der Waals surface area contributed by atoms with Crippen molar-refractivity contribution in [1.82, 2.24) is 5.32 Å². The summed E-state index contributed by atoms with van der Waals surface area (Å²) in [4.78, 5) is 2.02. The molecule has 2 N–H and O–H groups in total. The fourth-order valence-electron chi connectivity index (χ4n) is 2.47. The lowest BCUT2D eigenvalue weighted by Gasteiger charge is -2.37. The van der Waals surface area contributed by atoms with Gasteiger partial charge in [-0.1, -0.05) is 19.9 Å². The molecule has 3 nitrogen and oxygen atoms in total. The van der Waals surface area contributed by atoms with E-state index in [4.69, 9.17) is 0 Å². The fraction of sp³-hybridized carbons (Fsp3) is 0.625. The second-order valence-corrected chi connectivity index (χ2v) is 6.31. The summed E-state index contributed by atoms with van der Waals surface area (Å²) >= 11 is 0. The third-order valence-electron chi connectivity index (χ3n) is 3.91. The Morgan fingerprint density at radius 3 is 2.55 bits per heavy atom. The van der Waals surface area contributed by atoms with Crippen molar-refractivity contribution < 1.29 is 9.50 Å². The summed E-state index contributed by atoms with van der Waals surface area (Å²) < 4.78 is 14.2. The zero-order chi connectivity index (χ0) is 14.8. The first-order chi connectivity index (χ1) is 9.37. The van der Waals surface area contributed by atoms with Crippen molar-refractivity contribution in [3.63, 3.8) is 0 Å². The molecule has 0 saturated carbocycles. The number of anilines is 1. The van der Waals surface area contributed by atoms with E-state index in [9.17, 15) is 9.50 Å². The molecule has 112 valence electrons. The van der Waals surface area contributed by atoms with Gasteiger partial charge in [0.25, 0.3) is 0 Å². The number of nitrogens with one attached hydrogen (secondary N) is 1. The van der Waals surface area contributed by atoms with E-state index in [-0.39, 0.29) is 5.82 Å². The highest BCUT2D eigenvalue weighted by molar-refractivity contribution is 5.49. The molecule has 2 rings (SSSR count). The number of aliphatic hydroxyl groups is 1. The molecule has 0 amide bonds. The fourth-order valence-corrected chi connectivity index (χ4v) is 2.47. The summed E-state index contributed by atoms with van der Waals surface area (Å²) in [6, 6.07) is 5.83. The maximum Gasteiger partial charge on any atom is 0.146 e. The van der Waals surface area contributed by atoms with E-state index in [2.05, 4.69) is 19.2 Å². The monoisotopic (exact) mass is 280 g/mol. The molecular formula is C16H25FN2O. The number of rotatable bonds is 4. The van der Waals surface area contributed by atoms with Crippen LogP contribution in [0.4, 0.5) is 10.1 Å². The van der Waals surface area contributed by atoms with E-state index in [1.807, 2.05) is 24.0 Å². The van der Waals surface area contributed by atoms with Gasteiger partial charge in [-0.15, -0.1) is 0 Å². The number of hydrogen-bond donors (Lipinski definition) is 2. The quantitative estimate of drug-likeness (QED) is 0.890. The van der Waals surface area contributed by atoms with E-state index >= 15 is 0 Å². The average molecular weight is 280 g/mol. The van der Waals surface area contributed by atoms with Gasteiger partial charge < -0.3 is 15.3 Å². The molecule has 0 bridgehead atoms. The highest BCUT2D eigenvalue weighted by Crippen LogP contribution is 2.28. The van der Waals surface area contributed by atoms with Gasteiger partial charge in [-0.3, -0.25) is 0 Å². The molecule has 0 spiro atoms. The molecule has 1 aliphatic heterocycles. The Labute approximate surface area is 120 Å². The number of hydrogen-bond acceptors (Lipinski definition) is 3. The van der Waals surface area contributed by atoms with Crippen LogP contribution >= 0.6 is 0 Å². The van der Waals surface area contributed by atoms with Crippen LogP contribution in [0.5, 0.6) is 0 Å². The molecule has 4 heteroatoms. The second kappa shape index (κ2) is 6.10. The smallest absolute Gasteiger partial charge is 0.146 e. The maximum atomic E-state index is 14.2. The molecule has 0 aromatic heterocycles. The van der Waals surface area contributed by atoms with Gasteiger partial charge in [-0.05, 0) is 37.5 Å². The van der Waals surface area contributed by atoms with Crippen molar-refractivity contribution in [3.8, 4) is 0 Å². The molecule has 1 heterocycles. The SMILES string of the molecule is CC(C)NCc1ccc(N2CCC(C)(O)CC2)c(F)c1. The van der Waals surface area contributed by atoms with Crippen LogP contribution in [0.1, 0.15) is 39.2 Å². The van der Waals surface area contributed by atoms with Gasteiger partial charge in [0.1, 0.15) is 5.82 Å². The van der Waals surface area contributed by atoms with E-state index < -0.39 is 5.60 Å². The predicted molar refractivity (Wildman–Crippen MR) is 80.4 cm³/mol. The van der Waals surface area contributed by atoms with Gasteiger partial charge in [0, 0.05) is 25.7 Å². The third kappa shape index (κ3) is 3.93. The molecule has 0 radical (unpaired) electrons. The van der Waals surface area contributed by atoms with Gasteiger partial charge in [-0.2, -0.15) is 0 Å². The summed E-state index contributed by atoms with van der Waals surface area (Å²) in [5, 5.41) is 13.2. The van der Waals surface area contributed by atoms with Crippen molar-refractivity contribution in [1.29, 1.82) is 0 Å². The minimum atomic E-state index is -0.603. The highest BCUT2D eigenvalue weighted by Gasteiger charge is 2.28. The maximum absolute atomic E-state index is 14.2. The van der Waals surface area contributed by atoms with Gasteiger partial charge in [0.2, 0.25) is 0 Å². The molecule has 0 atom stereocenters. The van der Waals surface area contributed by atoms with Gasteiger partial charge in [0.15, 0.2) is 0 Å². The lowest BCUT2D eigenvalue weighted by molar-refractivity contribution is 0.0350. The molecule has 0 unspecified atom stereocenters. The Morgan fingerprint density at radius 1 is 1.35 bits per heavy atom. The Bertz CT molecular complexity index is 450. The summed E-state index contributed by atoms with van der Waals surface area (Å²) in [5.41, 5.74) is 1.01. The first-order valence-electron chi connectivity index (χ1n) is 7.36. The summed E-state index contributed by atoms with van der Waals surface area (Å²) in [6.45, 7) is 8.08. The second-order valence-electron chi connectivity index (χ2n) is 6.31. The third-order valence-corrected chi connectivity index (χ3v) is 3.91. The summed E-state index contributed by atoms with van der Waals surface area (Å²) in [5.74, 6) is -0.172. The Hall–Kier alpha value is -1.13. The Kier molecular flexibility index (Phi) is 4.66.